The highest BCUT2D eigenvalue weighted by Gasteiger charge is 2.11. The van der Waals surface area contributed by atoms with Gasteiger partial charge in [0.1, 0.15) is 0 Å². The number of hydrogen-bond donors (Lipinski definition) is 1. The molecule has 0 fully saturated rings. The monoisotopic (exact) mass is 356 g/mol. The largest absolute Gasteiger partial charge is 0.385 e. The number of benzene rings is 1. The summed E-state index contributed by atoms with van der Waals surface area (Å²) in [6, 6.07) is 5.05. The fourth-order valence-electron chi connectivity index (χ4n) is 2.26. The molecule has 1 aromatic rings. The first-order chi connectivity index (χ1) is 10.1. The second kappa shape index (κ2) is 10.6. The molecule has 1 N–H and O–H groups in total. The third-order valence-corrected chi connectivity index (χ3v) is 4.14. The SMILES string of the molecule is CCCCCCCCCCNc1ccc([N+](=O)[O-])c(Br)c1. The van der Waals surface area contributed by atoms with Crippen molar-refractivity contribution in [2.24, 2.45) is 0 Å². The van der Waals surface area contributed by atoms with Gasteiger partial charge in [-0.3, -0.25) is 10.1 Å². The van der Waals surface area contributed by atoms with Gasteiger partial charge in [0.25, 0.3) is 5.69 Å². The maximum absolute atomic E-state index is 10.7. The average Bonchev–Trinajstić information content (AvgIpc) is 2.45. The number of nitrogens with one attached hydrogen (secondary N) is 1. The summed E-state index contributed by atoms with van der Waals surface area (Å²) in [5.41, 5.74) is 1.03. The summed E-state index contributed by atoms with van der Waals surface area (Å²) < 4.78 is 0.522. The quantitative estimate of drug-likeness (QED) is 0.304. The first kappa shape index (κ1) is 18.0. The van der Waals surface area contributed by atoms with Crippen LogP contribution in [0.5, 0.6) is 0 Å². The zero-order chi connectivity index (χ0) is 15.5. The van der Waals surface area contributed by atoms with Crippen molar-refractivity contribution in [2.45, 2.75) is 58.3 Å². The highest BCUT2D eigenvalue weighted by molar-refractivity contribution is 9.10. The molecule has 5 heteroatoms. The first-order valence-corrected chi connectivity index (χ1v) is 8.62. The van der Waals surface area contributed by atoms with Gasteiger partial charge in [-0.25, -0.2) is 0 Å². The van der Waals surface area contributed by atoms with E-state index in [-0.39, 0.29) is 10.6 Å². The predicted octanol–water partition coefficient (Wildman–Crippen LogP) is 5.91. The van der Waals surface area contributed by atoms with E-state index in [2.05, 4.69) is 28.2 Å². The molecule has 0 aliphatic rings. The Kier molecular flexibility index (Phi) is 9.06. The molecule has 0 aliphatic carbocycles. The minimum absolute atomic E-state index is 0.104. The van der Waals surface area contributed by atoms with Crippen molar-refractivity contribution in [1.82, 2.24) is 0 Å². The summed E-state index contributed by atoms with van der Waals surface area (Å²) in [7, 11) is 0. The third-order valence-electron chi connectivity index (χ3n) is 3.50. The molecule has 0 atom stereocenters. The lowest BCUT2D eigenvalue weighted by Gasteiger charge is -2.07. The van der Waals surface area contributed by atoms with Crippen LogP contribution in [0.2, 0.25) is 0 Å². The summed E-state index contributed by atoms with van der Waals surface area (Å²) in [5.74, 6) is 0. The lowest BCUT2D eigenvalue weighted by Crippen LogP contribution is -2.01. The summed E-state index contributed by atoms with van der Waals surface area (Å²) in [5, 5.41) is 14.0. The molecule has 21 heavy (non-hydrogen) atoms. The number of rotatable bonds is 11. The fourth-order valence-corrected chi connectivity index (χ4v) is 2.78. The molecule has 0 bridgehead atoms. The van der Waals surface area contributed by atoms with Crippen LogP contribution < -0.4 is 5.32 Å². The maximum Gasteiger partial charge on any atom is 0.283 e. The van der Waals surface area contributed by atoms with Crippen LogP contribution in [-0.4, -0.2) is 11.5 Å². The Labute approximate surface area is 135 Å². The van der Waals surface area contributed by atoms with Crippen LogP contribution in [0.25, 0.3) is 0 Å². The van der Waals surface area contributed by atoms with Crippen molar-refractivity contribution >= 4 is 27.3 Å². The molecule has 0 amide bonds. The Hall–Kier alpha value is -1.10. The van der Waals surface area contributed by atoms with Crippen molar-refractivity contribution in [2.75, 3.05) is 11.9 Å². The van der Waals surface area contributed by atoms with E-state index in [1.54, 1.807) is 12.1 Å². The molecule has 0 spiro atoms. The highest BCUT2D eigenvalue weighted by Crippen LogP contribution is 2.27. The van der Waals surface area contributed by atoms with Crippen LogP contribution in [0.3, 0.4) is 0 Å². The number of nitro benzene ring substituents is 1. The number of anilines is 1. The van der Waals surface area contributed by atoms with E-state index in [9.17, 15) is 10.1 Å². The number of nitrogens with zero attached hydrogens (tertiary/aromatic N) is 1. The van der Waals surface area contributed by atoms with Crippen molar-refractivity contribution < 1.29 is 4.92 Å². The van der Waals surface area contributed by atoms with Gasteiger partial charge >= 0.3 is 0 Å². The van der Waals surface area contributed by atoms with Gasteiger partial charge in [-0.2, -0.15) is 0 Å². The average molecular weight is 357 g/mol. The van der Waals surface area contributed by atoms with E-state index in [1.807, 2.05) is 0 Å². The number of nitro groups is 1. The Balaban J connectivity index is 2.13. The van der Waals surface area contributed by atoms with Crippen LogP contribution in [0.4, 0.5) is 11.4 Å². The van der Waals surface area contributed by atoms with Crippen molar-refractivity contribution in [3.8, 4) is 0 Å². The lowest BCUT2D eigenvalue weighted by molar-refractivity contribution is -0.385. The first-order valence-electron chi connectivity index (χ1n) is 7.83. The molecular formula is C16H25BrN2O2. The minimum atomic E-state index is -0.383. The molecule has 0 saturated carbocycles. The van der Waals surface area contributed by atoms with Gasteiger partial charge in [-0.15, -0.1) is 0 Å². The second-order valence-corrected chi connectivity index (χ2v) is 6.18. The normalized spacial score (nSPS) is 10.6. The van der Waals surface area contributed by atoms with Gasteiger partial charge < -0.3 is 5.32 Å². The van der Waals surface area contributed by atoms with E-state index < -0.39 is 0 Å². The summed E-state index contributed by atoms with van der Waals surface area (Å²) in [6.07, 6.45) is 10.4. The van der Waals surface area contributed by atoms with Gasteiger partial charge in [0, 0.05) is 18.3 Å². The molecule has 0 aromatic heterocycles. The third kappa shape index (κ3) is 7.46. The van der Waals surface area contributed by atoms with Gasteiger partial charge in [0.05, 0.1) is 9.40 Å². The smallest absolute Gasteiger partial charge is 0.283 e. The molecule has 0 unspecified atom stereocenters. The van der Waals surface area contributed by atoms with E-state index >= 15 is 0 Å². The summed E-state index contributed by atoms with van der Waals surface area (Å²) >= 11 is 3.23. The molecule has 1 aromatic carbocycles. The van der Waals surface area contributed by atoms with Gasteiger partial charge in [-0.05, 0) is 34.5 Å². The standard InChI is InChI=1S/C16H25BrN2O2/c1-2-3-4-5-6-7-8-9-12-18-14-10-11-16(19(20)21)15(17)13-14/h10-11,13,18H,2-9,12H2,1H3. The zero-order valence-electron chi connectivity index (χ0n) is 12.7. The fraction of sp³-hybridized carbons (Fsp3) is 0.625. The van der Waals surface area contributed by atoms with E-state index in [4.69, 9.17) is 0 Å². The Morgan fingerprint density at radius 1 is 1.10 bits per heavy atom. The van der Waals surface area contributed by atoms with Gasteiger partial charge in [0.15, 0.2) is 0 Å². The van der Waals surface area contributed by atoms with Crippen molar-refractivity contribution in [1.29, 1.82) is 0 Å². The summed E-state index contributed by atoms with van der Waals surface area (Å²) in [6.45, 7) is 3.15. The second-order valence-electron chi connectivity index (χ2n) is 5.32. The van der Waals surface area contributed by atoms with E-state index in [0.717, 1.165) is 18.7 Å². The van der Waals surface area contributed by atoms with Crippen molar-refractivity contribution in [3.05, 3.63) is 32.8 Å². The Morgan fingerprint density at radius 2 is 1.71 bits per heavy atom. The number of halogens is 1. The lowest BCUT2D eigenvalue weighted by atomic mass is 10.1. The van der Waals surface area contributed by atoms with Crippen LogP contribution in [-0.2, 0) is 0 Å². The van der Waals surface area contributed by atoms with Gasteiger partial charge in [-0.1, -0.05) is 51.9 Å². The number of hydrogen-bond acceptors (Lipinski definition) is 3. The zero-order valence-corrected chi connectivity index (χ0v) is 14.3. The predicted molar refractivity (Wildman–Crippen MR) is 91.9 cm³/mol. The van der Waals surface area contributed by atoms with Crippen LogP contribution in [0, 0.1) is 10.1 Å². The summed E-state index contributed by atoms with van der Waals surface area (Å²) in [4.78, 5) is 10.3. The van der Waals surface area contributed by atoms with Crippen LogP contribution >= 0.6 is 15.9 Å². The topological polar surface area (TPSA) is 55.2 Å². The molecule has 0 radical (unpaired) electrons. The molecule has 118 valence electrons. The minimum Gasteiger partial charge on any atom is -0.385 e. The maximum atomic E-state index is 10.7. The highest BCUT2D eigenvalue weighted by atomic mass is 79.9. The Bertz CT molecular complexity index is 438. The van der Waals surface area contributed by atoms with Gasteiger partial charge in [0.2, 0.25) is 0 Å². The molecule has 0 saturated heterocycles. The van der Waals surface area contributed by atoms with Crippen LogP contribution in [0.15, 0.2) is 22.7 Å². The van der Waals surface area contributed by atoms with E-state index in [1.165, 1.54) is 51.0 Å². The number of unbranched alkanes of at least 4 members (excludes halogenated alkanes) is 7. The molecular weight excluding hydrogens is 332 g/mol. The molecule has 0 aliphatic heterocycles. The molecule has 4 nitrogen and oxygen atoms in total. The molecule has 1 rings (SSSR count). The molecule has 0 heterocycles. The van der Waals surface area contributed by atoms with Crippen LogP contribution in [0.1, 0.15) is 58.3 Å². The Morgan fingerprint density at radius 3 is 2.29 bits per heavy atom. The van der Waals surface area contributed by atoms with Crippen molar-refractivity contribution in [3.63, 3.8) is 0 Å². The van der Waals surface area contributed by atoms with E-state index in [0.29, 0.717) is 4.47 Å².